The fourth-order valence-corrected chi connectivity index (χ4v) is 3.90. The van der Waals surface area contributed by atoms with E-state index in [1.807, 2.05) is 6.92 Å². The molecule has 152 valence electrons. The Balaban J connectivity index is 2.05. The highest BCUT2D eigenvalue weighted by atomic mass is 32.2. The molecule has 0 aromatic heterocycles. The van der Waals surface area contributed by atoms with E-state index in [2.05, 4.69) is 5.32 Å². The average Bonchev–Trinajstić information content (AvgIpc) is 2.63. The van der Waals surface area contributed by atoms with Gasteiger partial charge in [0.2, 0.25) is 15.9 Å². The molecule has 6 nitrogen and oxygen atoms in total. The number of aryl methyl sites for hydroxylation is 1. The van der Waals surface area contributed by atoms with Crippen LogP contribution in [0.15, 0.2) is 47.4 Å². The number of likely N-dealkylation sites (N-methyl/N-ethyl adjacent to an activating group) is 1. The molecule has 0 saturated carbocycles. The van der Waals surface area contributed by atoms with Gasteiger partial charge in [0.15, 0.2) is 0 Å². The van der Waals surface area contributed by atoms with Crippen molar-refractivity contribution in [2.45, 2.75) is 31.7 Å². The number of sulfonamides is 1. The summed E-state index contributed by atoms with van der Waals surface area (Å²) < 4.78 is 44.9. The largest absolute Gasteiger partial charge is 0.494 e. The van der Waals surface area contributed by atoms with Crippen molar-refractivity contribution < 1.29 is 22.3 Å². The quantitative estimate of drug-likeness (QED) is 0.729. The zero-order valence-electron chi connectivity index (χ0n) is 16.4. The van der Waals surface area contributed by atoms with E-state index in [9.17, 15) is 17.6 Å². The Labute approximate surface area is 165 Å². The van der Waals surface area contributed by atoms with Crippen molar-refractivity contribution in [3.05, 3.63) is 59.4 Å². The highest BCUT2D eigenvalue weighted by Crippen LogP contribution is 2.23. The maximum Gasteiger partial charge on any atom is 0.243 e. The van der Waals surface area contributed by atoms with E-state index in [0.717, 1.165) is 9.87 Å². The number of halogens is 1. The number of ether oxygens (including phenoxy) is 1. The zero-order valence-corrected chi connectivity index (χ0v) is 17.2. The summed E-state index contributed by atoms with van der Waals surface area (Å²) in [6, 6.07) is 9.98. The number of carbonyl (C=O) groups excluding carboxylic acids is 1. The molecule has 2 aromatic carbocycles. The highest BCUT2D eigenvalue weighted by molar-refractivity contribution is 7.89. The Hall–Kier alpha value is -2.45. The van der Waals surface area contributed by atoms with Gasteiger partial charge in [0.25, 0.3) is 0 Å². The lowest BCUT2D eigenvalue weighted by molar-refractivity contribution is -0.121. The topological polar surface area (TPSA) is 75.7 Å². The summed E-state index contributed by atoms with van der Waals surface area (Å²) in [5.41, 5.74) is 1.42. The Kier molecular flexibility index (Phi) is 7.15. The molecule has 0 spiro atoms. The van der Waals surface area contributed by atoms with Gasteiger partial charge in [0.1, 0.15) is 11.6 Å². The van der Waals surface area contributed by atoms with Gasteiger partial charge < -0.3 is 10.1 Å². The van der Waals surface area contributed by atoms with E-state index in [1.165, 1.54) is 31.3 Å². The van der Waals surface area contributed by atoms with Gasteiger partial charge in [0.05, 0.1) is 24.1 Å². The monoisotopic (exact) mass is 408 g/mol. The number of benzene rings is 2. The zero-order chi connectivity index (χ0) is 20.9. The smallest absolute Gasteiger partial charge is 0.243 e. The summed E-state index contributed by atoms with van der Waals surface area (Å²) in [4.78, 5) is 12.4. The molecule has 0 fully saturated rings. The molecule has 0 bridgehead atoms. The summed E-state index contributed by atoms with van der Waals surface area (Å²) >= 11 is 0. The lowest BCUT2D eigenvalue weighted by Gasteiger charge is -2.20. The van der Waals surface area contributed by atoms with Gasteiger partial charge in [-0.15, -0.1) is 0 Å². The van der Waals surface area contributed by atoms with Crippen molar-refractivity contribution in [3.63, 3.8) is 0 Å². The lowest BCUT2D eigenvalue weighted by Crippen LogP contribution is -2.39. The van der Waals surface area contributed by atoms with Crippen LogP contribution in [0, 0.1) is 12.7 Å². The van der Waals surface area contributed by atoms with Gasteiger partial charge in [-0.1, -0.05) is 12.1 Å². The minimum Gasteiger partial charge on any atom is -0.494 e. The SMILES string of the molecule is CCOc1ccc(S(=O)(=O)N(C)CC(=O)NC(C)c2ccc(F)cc2)cc1C. The number of rotatable bonds is 8. The van der Waals surface area contributed by atoms with Crippen LogP contribution in [0.4, 0.5) is 4.39 Å². The number of amides is 1. The number of hydrogen-bond acceptors (Lipinski definition) is 4. The van der Waals surface area contributed by atoms with Gasteiger partial charge in [-0.25, -0.2) is 12.8 Å². The molecule has 1 atom stereocenters. The van der Waals surface area contributed by atoms with Crippen molar-refractivity contribution in [2.24, 2.45) is 0 Å². The molecular formula is C20H25FN2O4S. The molecule has 0 heterocycles. The first-order valence-electron chi connectivity index (χ1n) is 8.89. The van der Waals surface area contributed by atoms with E-state index < -0.39 is 15.9 Å². The first kappa shape index (κ1) is 21.8. The third kappa shape index (κ3) is 5.30. The second-order valence-corrected chi connectivity index (χ2v) is 8.51. The molecule has 2 aromatic rings. The lowest BCUT2D eigenvalue weighted by atomic mass is 10.1. The van der Waals surface area contributed by atoms with Gasteiger partial charge in [-0.3, -0.25) is 4.79 Å². The highest BCUT2D eigenvalue weighted by Gasteiger charge is 2.24. The van der Waals surface area contributed by atoms with Crippen LogP contribution in [0.5, 0.6) is 5.75 Å². The third-order valence-electron chi connectivity index (χ3n) is 4.27. The van der Waals surface area contributed by atoms with Gasteiger partial charge >= 0.3 is 0 Å². The van der Waals surface area contributed by atoms with Crippen LogP contribution < -0.4 is 10.1 Å². The number of nitrogens with zero attached hydrogens (tertiary/aromatic N) is 1. The van der Waals surface area contributed by atoms with Crippen molar-refractivity contribution in [3.8, 4) is 5.75 Å². The molecule has 2 rings (SSSR count). The van der Waals surface area contributed by atoms with Crippen molar-refractivity contribution >= 4 is 15.9 Å². The van der Waals surface area contributed by atoms with E-state index in [0.29, 0.717) is 17.9 Å². The molecule has 1 N–H and O–H groups in total. The molecule has 0 aliphatic rings. The maximum atomic E-state index is 13.0. The normalized spacial score (nSPS) is 12.6. The Bertz CT molecular complexity index is 930. The minimum absolute atomic E-state index is 0.0929. The van der Waals surface area contributed by atoms with Crippen molar-refractivity contribution in [1.82, 2.24) is 9.62 Å². The molecule has 0 radical (unpaired) electrons. The summed E-state index contributed by atoms with van der Waals surface area (Å²) in [5.74, 6) is -0.195. The van der Waals surface area contributed by atoms with Crippen LogP contribution in [0.25, 0.3) is 0 Å². The second kappa shape index (κ2) is 9.16. The number of carbonyl (C=O) groups is 1. The van der Waals surface area contributed by atoms with E-state index in [4.69, 9.17) is 4.74 Å². The van der Waals surface area contributed by atoms with E-state index in [1.54, 1.807) is 32.0 Å². The van der Waals surface area contributed by atoms with Gasteiger partial charge in [-0.05, 0) is 62.2 Å². The van der Waals surface area contributed by atoms with E-state index >= 15 is 0 Å². The number of hydrogen-bond donors (Lipinski definition) is 1. The molecule has 0 aliphatic heterocycles. The molecular weight excluding hydrogens is 383 g/mol. The molecule has 0 aliphatic carbocycles. The Morgan fingerprint density at radius 3 is 2.43 bits per heavy atom. The summed E-state index contributed by atoms with van der Waals surface area (Å²) in [6.45, 7) is 5.51. The molecule has 28 heavy (non-hydrogen) atoms. The molecule has 1 amide bonds. The molecule has 0 saturated heterocycles. The van der Waals surface area contributed by atoms with Crippen LogP contribution in [0.3, 0.4) is 0 Å². The maximum absolute atomic E-state index is 13.0. The Morgan fingerprint density at radius 2 is 1.86 bits per heavy atom. The van der Waals surface area contributed by atoms with E-state index in [-0.39, 0.29) is 23.3 Å². The second-order valence-electron chi connectivity index (χ2n) is 6.46. The predicted octanol–water partition coefficient (Wildman–Crippen LogP) is 3.03. The Morgan fingerprint density at radius 1 is 1.21 bits per heavy atom. The molecule has 1 unspecified atom stereocenters. The molecule has 8 heteroatoms. The van der Waals surface area contributed by atoms with Crippen molar-refractivity contribution in [2.75, 3.05) is 20.2 Å². The standard InChI is InChI=1S/C20H25FN2O4S/c1-5-27-19-11-10-18(12-14(19)2)28(25,26)23(4)13-20(24)22-15(3)16-6-8-17(21)9-7-16/h6-12,15H,5,13H2,1-4H3,(H,22,24). The average molecular weight is 408 g/mol. The van der Waals surface area contributed by atoms with Crippen LogP contribution in [-0.4, -0.2) is 38.8 Å². The van der Waals surface area contributed by atoms with Crippen LogP contribution in [0.2, 0.25) is 0 Å². The predicted molar refractivity (Wildman–Crippen MR) is 105 cm³/mol. The van der Waals surface area contributed by atoms with Crippen LogP contribution in [0.1, 0.15) is 31.0 Å². The van der Waals surface area contributed by atoms with Gasteiger partial charge in [-0.2, -0.15) is 4.31 Å². The number of nitrogens with one attached hydrogen (secondary N) is 1. The van der Waals surface area contributed by atoms with Crippen molar-refractivity contribution in [1.29, 1.82) is 0 Å². The fourth-order valence-electron chi connectivity index (χ4n) is 2.69. The van der Waals surface area contributed by atoms with Gasteiger partial charge in [0, 0.05) is 7.05 Å². The third-order valence-corrected chi connectivity index (χ3v) is 6.07. The first-order chi connectivity index (χ1) is 13.1. The fraction of sp³-hybridized carbons (Fsp3) is 0.350. The summed E-state index contributed by atoms with van der Waals surface area (Å²) in [5, 5.41) is 2.72. The van der Waals surface area contributed by atoms with Crippen LogP contribution in [-0.2, 0) is 14.8 Å². The summed E-state index contributed by atoms with van der Waals surface area (Å²) in [6.07, 6.45) is 0. The van der Waals surface area contributed by atoms with Crippen LogP contribution >= 0.6 is 0 Å². The minimum atomic E-state index is -3.83. The summed E-state index contributed by atoms with van der Waals surface area (Å²) in [7, 11) is -2.48. The first-order valence-corrected chi connectivity index (χ1v) is 10.3.